The zero-order valence-electron chi connectivity index (χ0n) is 11.0. The van der Waals surface area contributed by atoms with Gasteiger partial charge in [0.1, 0.15) is 5.75 Å². The van der Waals surface area contributed by atoms with Crippen molar-refractivity contribution in [3.63, 3.8) is 0 Å². The SMILES string of the molecule is COc1ccc(Br)c(NC(=O)c2cccc(C)c2Cl)c1. The van der Waals surface area contributed by atoms with Crippen LogP contribution in [0.15, 0.2) is 40.9 Å². The van der Waals surface area contributed by atoms with Gasteiger partial charge in [0.15, 0.2) is 0 Å². The quantitative estimate of drug-likeness (QED) is 0.869. The highest BCUT2D eigenvalue weighted by atomic mass is 79.9. The number of nitrogens with one attached hydrogen (secondary N) is 1. The van der Waals surface area contributed by atoms with E-state index in [9.17, 15) is 4.79 Å². The number of amides is 1. The highest BCUT2D eigenvalue weighted by Crippen LogP contribution is 2.28. The number of carbonyl (C=O) groups excluding carboxylic acids is 1. The number of carbonyl (C=O) groups is 1. The molecule has 5 heteroatoms. The van der Waals surface area contributed by atoms with Crippen LogP contribution < -0.4 is 10.1 Å². The normalized spacial score (nSPS) is 10.2. The molecular formula is C15H13BrClNO2. The fourth-order valence-electron chi connectivity index (χ4n) is 1.74. The van der Waals surface area contributed by atoms with Crippen molar-refractivity contribution in [3.05, 3.63) is 57.0 Å². The third kappa shape index (κ3) is 3.14. The number of aryl methyl sites for hydroxylation is 1. The van der Waals surface area contributed by atoms with Crippen LogP contribution in [0.3, 0.4) is 0 Å². The first-order valence-electron chi connectivity index (χ1n) is 5.93. The van der Waals surface area contributed by atoms with Gasteiger partial charge in [-0.15, -0.1) is 0 Å². The smallest absolute Gasteiger partial charge is 0.257 e. The van der Waals surface area contributed by atoms with Crippen molar-refractivity contribution >= 4 is 39.1 Å². The maximum atomic E-state index is 12.3. The molecule has 0 aliphatic rings. The van der Waals surface area contributed by atoms with E-state index in [2.05, 4.69) is 21.2 Å². The molecule has 0 radical (unpaired) electrons. The van der Waals surface area contributed by atoms with Gasteiger partial charge in [-0.05, 0) is 46.6 Å². The van der Waals surface area contributed by atoms with Crippen molar-refractivity contribution in [3.8, 4) is 5.75 Å². The Kier molecular flexibility index (Phi) is 4.68. The number of methoxy groups -OCH3 is 1. The molecule has 2 rings (SSSR count). The molecular weight excluding hydrogens is 342 g/mol. The van der Waals surface area contributed by atoms with E-state index in [0.29, 0.717) is 22.0 Å². The molecule has 0 saturated carbocycles. The summed E-state index contributed by atoms with van der Waals surface area (Å²) in [6.45, 7) is 1.86. The Hall–Kier alpha value is -1.52. The van der Waals surface area contributed by atoms with Crippen LogP contribution >= 0.6 is 27.5 Å². The van der Waals surface area contributed by atoms with Crippen LogP contribution in [0.2, 0.25) is 5.02 Å². The summed E-state index contributed by atoms with van der Waals surface area (Å²) in [5.41, 5.74) is 1.94. The summed E-state index contributed by atoms with van der Waals surface area (Å²) in [5.74, 6) is 0.409. The first-order valence-corrected chi connectivity index (χ1v) is 7.10. The Bertz CT molecular complexity index is 658. The first-order chi connectivity index (χ1) is 9.52. The second-order valence-corrected chi connectivity index (χ2v) is 5.47. The van der Waals surface area contributed by atoms with Gasteiger partial charge in [-0.3, -0.25) is 4.79 Å². The highest BCUT2D eigenvalue weighted by Gasteiger charge is 2.13. The van der Waals surface area contributed by atoms with Crippen molar-refractivity contribution in [2.45, 2.75) is 6.92 Å². The Labute approximate surface area is 131 Å². The molecule has 2 aromatic rings. The Morgan fingerprint density at radius 3 is 2.75 bits per heavy atom. The van der Waals surface area contributed by atoms with Gasteiger partial charge < -0.3 is 10.1 Å². The minimum atomic E-state index is -0.257. The van der Waals surface area contributed by atoms with Gasteiger partial charge in [0, 0.05) is 10.5 Å². The van der Waals surface area contributed by atoms with E-state index in [1.54, 1.807) is 31.4 Å². The lowest BCUT2D eigenvalue weighted by Crippen LogP contribution is -2.13. The van der Waals surface area contributed by atoms with Crippen molar-refractivity contribution < 1.29 is 9.53 Å². The fourth-order valence-corrected chi connectivity index (χ4v) is 2.30. The zero-order chi connectivity index (χ0) is 14.7. The average molecular weight is 355 g/mol. The van der Waals surface area contributed by atoms with Gasteiger partial charge in [-0.1, -0.05) is 23.7 Å². The van der Waals surface area contributed by atoms with Crippen LogP contribution in [0.1, 0.15) is 15.9 Å². The van der Waals surface area contributed by atoms with Crippen molar-refractivity contribution in [1.82, 2.24) is 0 Å². The summed E-state index contributed by atoms with van der Waals surface area (Å²) in [7, 11) is 1.58. The topological polar surface area (TPSA) is 38.3 Å². The largest absolute Gasteiger partial charge is 0.497 e. The van der Waals surface area contributed by atoms with Gasteiger partial charge in [0.25, 0.3) is 5.91 Å². The van der Waals surface area contributed by atoms with E-state index in [0.717, 1.165) is 10.0 Å². The lowest BCUT2D eigenvalue weighted by Gasteiger charge is -2.11. The van der Waals surface area contributed by atoms with E-state index < -0.39 is 0 Å². The number of halogens is 2. The van der Waals surface area contributed by atoms with Gasteiger partial charge >= 0.3 is 0 Å². The van der Waals surface area contributed by atoms with Crippen LogP contribution in [-0.2, 0) is 0 Å². The van der Waals surface area contributed by atoms with Crippen molar-refractivity contribution in [2.24, 2.45) is 0 Å². The molecule has 1 amide bonds. The standard InChI is InChI=1S/C15H13BrClNO2/c1-9-4-3-5-11(14(9)17)15(19)18-13-8-10(20-2)6-7-12(13)16/h3-8H,1-2H3,(H,18,19). The lowest BCUT2D eigenvalue weighted by molar-refractivity contribution is 0.102. The molecule has 2 aromatic carbocycles. The second-order valence-electron chi connectivity index (χ2n) is 4.24. The molecule has 0 bridgehead atoms. The maximum Gasteiger partial charge on any atom is 0.257 e. The zero-order valence-corrected chi connectivity index (χ0v) is 13.4. The molecule has 0 aliphatic heterocycles. The summed E-state index contributed by atoms with van der Waals surface area (Å²) < 4.78 is 5.92. The Morgan fingerprint density at radius 1 is 1.30 bits per heavy atom. The predicted octanol–water partition coefficient (Wildman–Crippen LogP) is 4.67. The monoisotopic (exact) mass is 353 g/mol. The maximum absolute atomic E-state index is 12.3. The predicted molar refractivity (Wildman–Crippen MR) is 84.8 cm³/mol. The van der Waals surface area contributed by atoms with Crippen LogP contribution in [0, 0.1) is 6.92 Å². The number of anilines is 1. The average Bonchev–Trinajstić information content (AvgIpc) is 2.44. The van der Waals surface area contributed by atoms with Gasteiger partial charge in [0.05, 0.1) is 23.4 Å². The molecule has 0 spiro atoms. The minimum absolute atomic E-state index is 0.257. The molecule has 0 atom stereocenters. The number of rotatable bonds is 3. The lowest BCUT2D eigenvalue weighted by atomic mass is 10.1. The summed E-state index contributed by atoms with van der Waals surface area (Å²) in [5, 5.41) is 3.28. The number of hydrogen-bond acceptors (Lipinski definition) is 2. The molecule has 1 N–H and O–H groups in total. The number of ether oxygens (including phenoxy) is 1. The van der Waals surface area contributed by atoms with E-state index in [1.807, 2.05) is 19.1 Å². The Balaban J connectivity index is 2.30. The molecule has 0 saturated heterocycles. The number of benzene rings is 2. The third-order valence-electron chi connectivity index (χ3n) is 2.86. The van der Waals surface area contributed by atoms with Crippen molar-refractivity contribution in [2.75, 3.05) is 12.4 Å². The van der Waals surface area contributed by atoms with E-state index in [-0.39, 0.29) is 5.91 Å². The summed E-state index contributed by atoms with van der Waals surface area (Å²) in [4.78, 5) is 12.3. The number of hydrogen-bond donors (Lipinski definition) is 1. The summed E-state index contributed by atoms with van der Waals surface area (Å²) in [6, 6.07) is 10.7. The third-order valence-corrected chi connectivity index (χ3v) is 4.05. The molecule has 20 heavy (non-hydrogen) atoms. The summed E-state index contributed by atoms with van der Waals surface area (Å²) >= 11 is 9.55. The van der Waals surface area contributed by atoms with E-state index in [1.165, 1.54) is 0 Å². The van der Waals surface area contributed by atoms with Crippen molar-refractivity contribution in [1.29, 1.82) is 0 Å². The minimum Gasteiger partial charge on any atom is -0.497 e. The molecule has 0 aromatic heterocycles. The fraction of sp³-hybridized carbons (Fsp3) is 0.133. The van der Waals surface area contributed by atoms with Crippen LogP contribution in [0.5, 0.6) is 5.75 Å². The molecule has 104 valence electrons. The molecule has 0 unspecified atom stereocenters. The van der Waals surface area contributed by atoms with Gasteiger partial charge in [-0.2, -0.15) is 0 Å². The molecule has 0 fully saturated rings. The first kappa shape index (κ1) is 14.9. The van der Waals surface area contributed by atoms with E-state index in [4.69, 9.17) is 16.3 Å². The van der Waals surface area contributed by atoms with Crippen LogP contribution in [-0.4, -0.2) is 13.0 Å². The van der Waals surface area contributed by atoms with Crippen LogP contribution in [0.25, 0.3) is 0 Å². The highest BCUT2D eigenvalue weighted by molar-refractivity contribution is 9.10. The second kappa shape index (κ2) is 6.29. The van der Waals surface area contributed by atoms with E-state index >= 15 is 0 Å². The van der Waals surface area contributed by atoms with Gasteiger partial charge in [-0.25, -0.2) is 0 Å². The summed E-state index contributed by atoms with van der Waals surface area (Å²) in [6.07, 6.45) is 0. The molecule has 0 aliphatic carbocycles. The molecule has 0 heterocycles. The van der Waals surface area contributed by atoms with Crippen LogP contribution in [0.4, 0.5) is 5.69 Å². The van der Waals surface area contributed by atoms with Gasteiger partial charge in [0.2, 0.25) is 0 Å². The Morgan fingerprint density at radius 2 is 2.05 bits per heavy atom. The molecule has 3 nitrogen and oxygen atoms in total.